The topological polar surface area (TPSA) is 111 Å². The Kier molecular flexibility index (Phi) is 3.49. The Hall–Kier alpha value is -3.29. The van der Waals surface area contributed by atoms with Crippen molar-refractivity contribution in [3.05, 3.63) is 57.9 Å². The molecule has 116 valence electrons. The van der Waals surface area contributed by atoms with E-state index in [1.54, 1.807) is 26.0 Å². The van der Waals surface area contributed by atoms with E-state index in [0.717, 1.165) is 0 Å². The summed E-state index contributed by atoms with van der Waals surface area (Å²) in [6.07, 6.45) is 1.19. The van der Waals surface area contributed by atoms with Crippen LogP contribution >= 0.6 is 0 Å². The van der Waals surface area contributed by atoms with Gasteiger partial charge in [0.1, 0.15) is 5.76 Å². The molecular formula is C15H12N4O4. The molecule has 1 aromatic carbocycles. The SMILES string of the molecule is Cc1cc(NC(=O)c2ncoc2C)c2cc([N+](=O)[O-])ccc2n1. The van der Waals surface area contributed by atoms with Crippen LogP contribution in [0.1, 0.15) is 21.9 Å². The average Bonchev–Trinajstić information content (AvgIpc) is 2.92. The van der Waals surface area contributed by atoms with Crippen LogP contribution in [0.4, 0.5) is 11.4 Å². The predicted molar refractivity (Wildman–Crippen MR) is 82.3 cm³/mol. The van der Waals surface area contributed by atoms with E-state index in [1.165, 1.54) is 18.5 Å². The van der Waals surface area contributed by atoms with Crippen molar-refractivity contribution in [1.29, 1.82) is 0 Å². The van der Waals surface area contributed by atoms with Crippen LogP contribution < -0.4 is 5.32 Å². The monoisotopic (exact) mass is 312 g/mol. The van der Waals surface area contributed by atoms with Gasteiger partial charge in [-0.1, -0.05) is 0 Å². The number of hydrogen-bond acceptors (Lipinski definition) is 6. The lowest BCUT2D eigenvalue weighted by Crippen LogP contribution is -2.14. The number of aromatic nitrogens is 2. The summed E-state index contributed by atoms with van der Waals surface area (Å²) in [5.74, 6) is -0.0572. The van der Waals surface area contributed by atoms with Gasteiger partial charge in [-0.05, 0) is 26.0 Å². The molecule has 0 fully saturated rings. The number of oxazole rings is 1. The number of nitrogens with zero attached hydrogens (tertiary/aromatic N) is 3. The molecular weight excluding hydrogens is 300 g/mol. The molecule has 8 heteroatoms. The maximum atomic E-state index is 12.3. The number of carbonyl (C=O) groups excluding carboxylic acids is 1. The zero-order chi connectivity index (χ0) is 16.6. The standard InChI is InChI=1S/C15H12N4O4/c1-8-5-13(18-15(20)14-9(2)23-7-16-14)11-6-10(19(21)22)3-4-12(11)17-8/h3-7H,1-2H3,(H,17,18,20). The van der Waals surface area contributed by atoms with Crippen molar-refractivity contribution in [3.8, 4) is 0 Å². The number of hydrogen-bond donors (Lipinski definition) is 1. The number of nitro benzene ring substituents is 1. The van der Waals surface area contributed by atoms with Gasteiger partial charge >= 0.3 is 0 Å². The molecule has 0 bridgehead atoms. The third kappa shape index (κ3) is 2.73. The van der Waals surface area contributed by atoms with Gasteiger partial charge in [-0.15, -0.1) is 0 Å². The number of pyridine rings is 1. The van der Waals surface area contributed by atoms with Gasteiger partial charge in [0.25, 0.3) is 11.6 Å². The van der Waals surface area contributed by atoms with E-state index in [4.69, 9.17) is 4.42 Å². The second kappa shape index (κ2) is 5.48. The van der Waals surface area contributed by atoms with Crippen molar-refractivity contribution < 1.29 is 14.1 Å². The molecule has 1 N–H and O–H groups in total. The molecule has 0 spiro atoms. The lowest BCUT2D eigenvalue weighted by Gasteiger charge is -2.09. The van der Waals surface area contributed by atoms with Crippen LogP contribution in [-0.4, -0.2) is 20.8 Å². The molecule has 0 radical (unpaired) electrons. The van der Waals surface area contributed by atoms with Crippen LogP contribution in [0.5, 0.6) is 0 Å². The lowest BCUT2D eigenvalue weighted by atomic mass is 10.1. The Morgan fingerprint density at radius 1 is 1.30 bits per heavy atom. The van der Waals surface area contributed by atoms with Gasteiger partial charge in [0.15, 0.2) is 12.1 Å². The van der Waals surface area contributed by atoms with Gasteiger partial charge in [-0.2, -0.15) is 0 Å². The highest BCUT2D eigenvalue weighted by atomic mass is 16.6. The molecule has 0 aliphatic heterocycles. The van der Waals surface area contributed by atoms with E-state index in [1.807, 2.05) is 0 Å². The van der Waals surface area contributed by atoms with Gasteiger partial charge in [0, 0.05) is 23.2 Å². The van der Waals surface area contributed by atoms with E-state index in [2.05, 4.69) is 15.3 Å². The fraction of sp³-hybridized carbons (Fsp3) is 0.133. The van der Waals surface area contributed by atoms with Crippen LogP contribution in [0.3, 0.4) is 0 Å². The summed E-state index contributed by atoms with van der Waals surface area (Å²) in [6.45, 7) is 3.40. The van der Waals surface area contributed by atoms with Crippen molar-refractivity contribution in [3.63, 3.8) is 0 Å². The van der Waals surface area contributed by atoms with Crippen LogP contribution in [0.25, 0.3) is 10.9 Å². The van der Waals surface area contributed by atoms with Crippen LogP contribution in [0, 0.1) is 24.0 Å². The summed E-state index contributed by atoms with van der Waals surface area (Å²) in [5, 5.41) is 14.1. The number of fused-ring (bicyclic) bond motifs is 1. The Morgan fingerprint density at radius 3 is 2.74 bits per heavy atom. The zero-order valence-corrected chi connectivity index (χ0v) is 12.4. The Morgan fingerprint density at radius 2 is 2.09 bits per heavy atom. The van der Waals surface area contributed by atoms with Crippen molar-refractivity contribution in [1.82, 2.24) is 9.97 Å². The number of carbonyl (C=O) groups is 1. The first-order chi connectivity index (χ1) is 11.0. The first-order valence-electron chi connectivity index (χ1n) is 6.73. The van der Waals surface area contributed by atoms with Crippen LogP contribution in [-0.2, 0) is 0 Å². The molecule has 0 aliphatic rings. The fourth-order valence-corrected chi connectivity index (χ4v) is 2.27. The number of benzene rings is 1. The van der Waals surface area contributed by atoms with E-state index in [-0.39, 0.29) is 11.4 Å². The fourth-order valence-electron chi connectivity index (χ4n) is 2.27. The van der Waals surface area contributed by atoms with Gasteiger partial charge < -0.3 is 9.73 Å². The number of rotatable bonds is 3. The second-order valence-electron chi connectivity index (χ2n) is 4.98. The third-order valence-electron chi connectivity index (χ3n) is 3.34. The maximum absolute atomic E-state index is 12.3. The van der Waals surface area contributed by atoms with E-state index in [0.29, 0.717) is 28.0 Å². The van der Waals surface area contributed by atoms with E-state index < -0.39 is 10.8 Å². The Balaban J connectivity index is 2.08. The van der Waals surface area contributed by atoms with Crippen LogP contribution in [0.15, 0.2) is 35.1 Å². The average molecular weight is 312 g/mol. The minimum Gasteiger partial charge on any atom is -0.448 e. The Bertz CT molecular complexity index is 932. The first-order valence-corrected chi connectivity index (χ1v) is 6.73. The second-order valence-corrected chi connectivity index (χ2v) is 4.98. The van der Waals surface area contributed by atoms with Crippen molar-refractivity contribution in [2.75, 3.05) is 5.32 Å². The molecule has 8 nitrogen and oxygen atoms in total. The number of nitrogens with one attached hydrogen (secondary N) is 1. The lowest BCUT2D eigenvalue weighted by molar-refractivity contribution is -0.384. The number of nitro groups is 1. The highest BCUT2D eigenvalue weighted by Gasteiger charge is 2.17. The van der Waals surface area contributed by atoms with Gasteiger partial charge in [-0.25, -0.2) is 4.98 Å². The minimum atomic E-state index is -0.493. The molecule has 0 atom stereocenters. The first kappa shape index (κ1) is 14.6. The highest BCUT2D eigenvalue weighted by molar-refractivity contribution is 6.08. The number of anilines is 1. The van der Waals surface area contributed by atoms with Crippen LogP contribution in [0.2, 0.25) is 0 Å². The molecule has 0 saturated carbocycles. The molecule has 3 rings (SSSR count). The third-order valence-corrected chi connectivity index (χ3v) is 3.34. The molecule has 0 aliphatic carbocycles. The quantitative estimate of drug-likeness (QED) is 0.587. The predicted octanol–water partition coefficient (Wildman–Crippen LogP) is 3.00. The van der Waals surface area contributed by atoms with E-state index >= 15 is 0 Å². The molecule has 0 saturated heterocycles. The summed E-state index contributed by atoms with van der Waals surface area (Å²) in [7, 11) is 0. The summed E-state index contributed by atoms with van der Waals surface area (Å²) in [6, 6.07) is 5.96. The summed E-state index contributed by atoms with van der Waals surface area (Å²) < 4.78 is 5.01. The van der Waals surface area contributed by atoms with Gasteiger partial charge in [-0.3, -0.25) is 19.9 Å². The zero-order valence-electron chi connectivity index (χ0n) is 12.4. The van der Waals surface area contributed by atoms with Crippen molar-refractivity contribution >= 4 is 28.2 Å². The van der Waals surface area contributed by atoms with E-state index in [9.17, 15) is 14.9 Å². The highest BCUT2D eigenvalue weighted by Crippen LogP contribution is 2.27. The van der Waals surface area contributed by atoms with Crippen molar-refractivity contribution in [2.45, 2.75) is 13.8 Å². The van der Waals surface area contributed by atoms with Gasteiger partial charge in [0.05, 0.1) is 16.1 Å². The minimum absolute atomic E-state index is 0.0729. The normalized spacial score (nSPS) is 10.7. The summed E-state index contributed by atoms with van der Waals surface area (Å²) >= 11 is 0. The summed E-state index contributed by atoms with van der Waals surface area (Å²) in [4.78, 5) is 30.9. The molecule has 2 aromatic heterocycles. The molecule has 2 heterocycles. The number of amides is 1. The largest absolute Gasteiger partial charge is 0.448 e. The Labute approximate surface area is 130 Å². The number of non-ortho nitro benzene ring substituents is 1. The number of aryl methyl sites for hydroxylation is 2. The van der Waals surface area contributed by atoms with Gasteiger partial charge in [0.2, 0.25) is 0 Å². The molecule has 23 heavy (non-hydrogen) atoms. The van der Waals surface area contributed by atoms with Crippen molar-refractivity contribution in [2.24, 2.45) is 0 Å². The maximum Gasteiger partial charge on any atom is 0.277 e. The smallest absolute Gasteiger partial charge is 0.277 e. The summed E-state index contributed by atoms with van der Waals surface area (Å²) in [5.41, 5.74) is 1.76. The molecule has 0 unspecified atom stereocenters. The molecule has 1 amide bonds. The molecule has 3 aromatic rings.